The van der Waals surface area contributed by atoms with Crippen LogP contribution in [0.3, 0.4) is 0 Å². The molecule has 1 saturated carbocycles. The maximum atomic E-state index is 13.2. The summed E-state index contributed by atoms with van der Waals surface area (Å²) in [7, 11) is 0. The highest BCUT2D eigenvalue weighted by atomic mass is 32.1. The zero-order valence-electron chi connectivity index (χ0n) is 15.5. The van der Waals surface area contributed by atoms with Crippen LogP contribution in [-0.4, -0.2) is 47.0 Å². The molecule has 154 valence electrons. The number of benzene rings is 1. The van der Waals surface area contributed by atoms with Gasteiger partial charge in [0.25, 0.3) is 5.91 Å². The van der Waals surface area contributed by atoms with Crippen LogP contribution in [0.25, 0.3) is 10.4 Å². The number of halogens is 3. The van der Waals surface area contributed by atoms with E-state index in [-0.39, 0.29) is 35.1 Å². The molecule has 29 heavy (non-hydrogen) atoms. The summed E-state index contributed by atoms with van der Waals surface area (Å²) in [5.41, 5.74) is 7.89. The number of nitrogens with two attached hydrogens (primary N) is 1. The van der Waals surface area contributed by atoms with E-state index in [1.165, 1.54) is 16.2 Å². The van der Waals surface area contributed by atoms with Gasteiger partial charge < -0.3 is 16.0 Å². The van der Waals surface area contributed by atoms with Crippen LogP contribution in [0.1, 0.15) is 22.5 Å². The Hall–Kier alpha value is -2.62. The second-order valence-electron chi connectivity index (χ2n) is 7.49. The number of carbonyl (C=O) groups excluding carboxylic acids is 2. The monoisotopic (exact) mass is 424 g/mol. The highest BCUT2D eigenvalue weighted by Gasteiger charge is 2.54. The number of thiazole rings is 1. The van der Waals surface area contributed by atoms with Gasteiger partial charge >= 0.3 is 12.1 Å². The number of piperidine rings is 1. The minimum atomic E-state index is -4.95. The predicted molar refractivity (Wildman–Crippen MR) is 102 cm³/mol. The Bertz CT molecular complexity index is 975. The van der Waals surface area contributed by atoms with Crippen molar-refractivity contribution in [3.8, 4) is 10.4 Å². The summed E-state index contributed by atoms with van der Waals surface area (Å²) >= 11 is 1.20. The minimum Gasteiger partial charge on any atom is -0.375 e. The third kappa shape index (κ3) is 3.81. The largest absolute Gasteiger partial charge is 0.471 e. The molecule has 10 heteroatoms. The molecule has 1 aromatic carbocycles. The standard InChI is InChI=1S/C19H19F3N4O2S/c1-9-3-2-4-10(5-9)15-14(25-18(23)29-15)16(27)26-8-11-6-12(11)13(26)7-24-17(28)19(20,21)22/h2-5,11-13H,6-8H2,1H3,(H2,23,25)(H,24,28)/t11-,12-,13-/m1/s1. The molecule has 2 amide bonds. The molecule has 3 atom stereocenters. The topological polar surface area (TPSA) is 88.3 Å². The summed E-state index contributed by atoms with van der Waals surface area (Å²) in [6.45, 7) is 2.15. The van der Waals surface area contributed by atoms with Crippen LogP contribution in [0.15, 0.2) is 24.3 Å². The van der Waals surface area contributed by atoms with Crippen LogP contribution in [-0.2, 0) is 4.79 Å². The second-order valence-corrected chi connectivity index (χ2v) is 8.52. The van der Waals surface area contributed by atoms with Crippen LogP contribution in [0.5, 0.6) is 0 Å². The van der Waals surface area contributed by atoms with Gasteiger partial charge in [0.15, 0.2) is 5.13 Å². The van der Waals surface area contributed by atoms with Crippen molar-refractivity contribution >= 4 is 28.3 Å². The molecule has 0 spiro atoms. The number of nitrogens with one attached hydrogen (secondary N) is 1. The number of nitrogen functional groups attached to an aromatic ring is 1. The number of hydrogen-bond acceptors (Lipinski definition) is 5. The Kier molecular flexibility index (Phi) is 4.76. The number of aromatic nitrogens is 1. The van der Waals surface area contributed by atoms with Gasteiger partial charge in [0, 0.05) is 13.1 Å². The van der Waals surface area contributed by atoms with Crippen LogP contribution in [0.2, 0.25) is 0 Å². The number of hydrogen-bond donors (Lipinski definition) is 2. The van der Waals surface area contributed by atoms with Crippen molar-refractivity contribution in [3.05, 3.63) is 35.5 Å². The molecular formula is C19H19F3N4O2S. The van der Waals surface area contributed by atoms with Gasteiger partial charge in [0.2, 0.25) is 0 Å². The van der Waals surface area contributed by atoms with Crippen molar-refractivity contribution in [2.45, 2.75) is 25.6 Å². The lowest BCUT2D eigenvalue weighted by molar-refractivity contribution is -0.173. The fraction of sp³-hybridized carbons (Fsp3) is 0.421. The summed E-state index contributed by atoms with van der Waals surface area (Å²) < 4.78 is 37.5. The molecule has 2 heterocycles. The number of rotatable bonds is 4. The first-order chi connectivity index (χ1) is 13.6. The Balaban J connectivity index is 1.57. The van der Waals surface area contributed by atoms with E-state index in [0.717, 1.165) is 17.5 Å². The van der Waals surface area contributed by atoms with Crippen molar-refractivity contribution in [1.29, 1.82) is 0 Å². The van der Waals surface area contributed by atoms with Crippen LogP contribution in [0.4, 0.5) is 18.3 Å². The highest BCUT2D eigenvalue weighted by Crippen LogP contribution is 2.50. The molecule has 2 fully saturated rings. The van der Waals surface area contributed by atoms with Crippen LogP contribution >= 0.6 is 11.3 Å². The second kappa shape index (κ2) is 7.01. The van der Waals surface area contributed by atoms with E-state index in [1.54, 1.807) is 0 Å². The van der Waals surface area contributed by atoms with E-state index in [1.807, 2.05) is 36.5 Å². The first kappa shape index (κ1) is 19.7. The lowest BCUT2D eigenvalue weighted by Crippen LogP contribution is -2.48. The molecule has 0 unspecified atom stereocenters. The molecule has 1 aliphatic carbocycles. The highest BCUT2D eigenvalue weighted by molar-refractivity contribution is 7.19. The van der Waals surface area contributed by atoms with E-state index in [9.17, 15) is 22.8 Å². The molecule has 0 bridgehead atoms. The van der Waals surface area contributed by atoms with Crippen molar-refractivity contribution < 1.29 is 22.8 Å². The number of amides is 2. The molecule has 1 aromatic heterocycles. The van der Waals surface area contributed by atoms with Gasteiger partial charge in [-0.2, -0.15) is 13.2 Å². The number of carbonyl (C=O) groups is 2. The van der Waals surface area contributed by atoms with Crippen molar-refractivity contribution in [2.75, 3.05) is 18.8 Å². The molecule has 1 saturated heterocycles. The molecule has 2 aromatic rings. The Morgan fingerprint density at radius 2 is 2.14 bits per heavy atom. The van der Waals surface area contributed by atoms with Crippen LogP contribution < -0.4 is 11.1 Å². The average molecular weight is 424 g/mol. The number of anilines is 1. The molecule has 4 rings (SSSR count). The quantitative estimate of drug-likeness (QED) is 0.790. The molecule has 1 aliphatic heterocycles. The average Bonchev–Trinajstić information content (AvgIpc) is 3.16. The van der Waals surface area contributed by atoms with Gasteiger partial charge in [-0.1, -0.05) is 41.2 Å². The van der Waals surface area contributed by atoms with Crippen LogP contribution in [0, 0.1) is 18.8 Å². The third-order valence-electron chi connectivity index (χ3n) is 5.42. The van der Waals surface area contributed by atoms with Gasteiger partial charge in [0.05, 0.1) is 10.9 Å². The fourth-order valence-corrected chi connectivity index (χ4v) is 4.78. The minimum absolute atomic E-state index is 0.103. The normalized spacial score (nSPS) is 23.0. The summed E-state index contributed by atoms with van der Waals surface area (Å²) in [4.78, 5) is 30.8. The Morgan fingerprint density at radius 3 is 2.83 bits per heavy atom. The third-order valence-corrected chi connectivity index (χ3v) is 6.35. The van der Waals surface area contributed by atoms with Crippen molar-refractivity contribution in [1.82, 2.24) is 15.2 Å². The van der Waals surface area contributed by atoms with E-state index >= 15 is 0 Å². The van der Waals surface area contributed by atoms with Gasteiger partial charge in [-0.15, -0.1) is 0 Å². The lowest BCUT2D eigenvalue weighted by atomic mass is 10.1. The van der Waals surface area contributed by atoms with Crippen molar-refractivity contribution in [2.24, 2.45) is 11.8 Å². The van der Waals surface area contributed by atoms with E-state index < -0.39 is 18.1 Å². The zero-order chi connectivity index (χ0) is 20.9. The van der Waals surface area contributed by atoms with E-state index in [2.05, 4.69) is 4.98 Å². The molecule has 6 nitrogen and oxygen atoms in total. The van der Waals surface area contributed by atoms with Crippen molar-refractivity contribution in [3.63, 3.8) is 0 Å². The molecule has 2 aliphatic rings. The maximum Gasteiger partial charge on any atom is 0.471 e. The molecular weight excluding hydrogens is 405 g/mol. The molecule has 0 radical (unpaired) electrons. The van der Waals surface area contributed by atoms with Gasteiger partial charge in [-0.05, 0) is 30.7 Å². The first-order valence-electron chi connectivity index (χ1n) is 9.14. The SMILES string of the molecule is Cc1cccc(-c2sc(N)nc2C(=O)N2C[C@H]3C[C@H]3[C@H]2CNC(=O)C(F)(F)F)c1. The van der Waals surface area contributed by atoms with Gasteiger partial charge in [-0.3, -0.25) is 9.59 Å². The summed E-state index contributed by atoms with van der Waals surface area (Å²) in [6, 6.07) is 7.11. The number of alkyl halides is 3. The maximum absolute atomic E-state index is 13.2. The first-order valence-corrected chi connectivity index (χ1v) is 9.96. The number of likely N-dealkylation sites (tertiary alicyclic amines) is 1. The number of nitrogens with zero attached hydrogens (tertiary/aromatic N) is 2. The van der Waals surface area contributed by atoms with Gasteiger partial charge in [-0.25, -0.2) is 4.98 Å². The number of fused-ring (bicyclic) bond motifs is 1. The summed E-state index contributed by atoms with van der Waals surface area (Å²) in [6.07, 6.45) is -4.10. The summed E-state index contributed by atoms with van der Waals surface area (Å²) in [5.74, 6) is -2.00. The lowest BCUT2D eigenvalue weighted by Gasteiger charge is -2.27. The summed E-state index contributed by atoms with van der Waals surface area (Å²) in [5, 5.41) is 2.16. The predicted octanol–water partition coefficient (Wildman–Crippen LogP) is 2.84. The molecule has 3 N–H and O–H groups in total. The zero-order valence-corrected chi connectivity index (χ0v) is 16.3. The number of aryl methyl sites for hydroxylation is 1. The smallest absolute Gasteiger partial charge is 0.375 e. The Morgan fingerprint density at radius 1 is 1.38 bits per heavy atom. The fourth-order valence-electron chi connectivity index (χ4n) is 3.96. The van der Waals surface area contributed by atoms with E-state index in [0.29, 0.717) is 11.4 Å². The Labute approximate surface area is 168 Å². The van der Waals surface area contributed by atoms with E-state index in [4.69, 9.17) is 5.73 Å². The van der Waals surface area contributed by atoms with Gasteiger partial charge in [0.1, 0.15) is 5.69 Å².